The van der Waals surface area contributed by atoms with Gasteiger partial charge in [0, 0.05) is 34.4 Å². The van der Waals surface area contributed by atoms with Crippen LogP contribution in [-0.4, -0.2) is 9.97 Å². The molecule has 98 valence electrons. The summed E-state index contributed by atoms with van der Waals surface area (Å²) in [5.41, 5.74) is 10.9. The number of hydrogen-bond donors (Lipinski definition) is 4. The highest BCUT2D eigenvalue weighted by Gasteiger charge is 2.07. The molecule has 4 nitrogen and oxygen atoms in total. The molecule has 0 aliphatic rings. The smallest absolute Gasteiger partial charge is 0.0709 e. The summed E-state index contributed by atoms with van der Waals surface area (Å²) in [4.78, 5) is 6.44. The molecule has 0 spiro atoms. The van der Waals surface area contributed by atoms with Crippen LogP contribution in [0.4, 0.5) is 17.1 Å². The summed E-state index contributed by atoms with van der Waals surface area (Å²) in [5, 5.41) is 5.74. The van der Waals surface area contributed by atoms with E-state index in [1.807, 2.05) is 30.6 Å². The summed E-state index contributed by atoms with van der Waals surface area (Å²) in [6, 6.07) is 14.2. The van der Waals surface area contributed by atoms with Crippen LogP contribution >= 0.6 is 0 Å². The van der Waals surface area contributed by atoms with Crippen LogP contribution < -0.4 is 11.1 Å². The molecule has 0 saturated heterocycles. The van der Waals surface area contributed by atoms with Crippen molar-refractivity contribution in [2.75, 3.05) is 11.1 Å². The fraction of sp³-hybridized carbons (Fsp3) is 0. The van der Waals surface area contributed by atoms with Gasteiger partial charge in [0.15, 0.2) is 0 Å². The van der Waals surface area contributed by atoms with Crippen LogP contribution in [0.2, 0.25) is 0 Å². The van der Waals surface area contributed by atoms with Crippen molar-refractivity contribution < 1.29 is 0 Å². The molecule has 0 bridgehead atoms. The van der Waals surface area contributed by atoms with Gasteiger partial charge in [-0.1, -0.05) is 18.2 Å². The van der Waals surface area contributed by atoms with Gasteiger partial charge in [-0.25, -0.2) is 0 Å². The molecular weight excluding hydrogens is 248 g/mol. The van der Waals surface area contributed by atoms with Gasteiger partial charge in [0.25, 0.3) is 0 Å². The van der Waals surface area contributed by atoms with Crippen LogP contribution in [0.3, 0.4) is 0 Å². The van der Waals surface area contributed by atoms with Crippen LogP contribution in [0.5, 0.6) is 0 Å². The van der Waals surface area contributed by atoms with Crippen molar-refractivity contribution in [2.45, 2.75) is 0 Å². The molecule has 2 heterocycles. The predicted molar refractivity (Wildman–Crippen MR) is 84.3 cm³/mol. The Labute approximate surface area is 115 Å². The van der Waals surface area contributed by atoms with Crippen molar-refractivity contribution in [3.05, 3.63) is 54.9 Å². The highest BCUT2D eigenvalue weighted by atomic mass is 14.9. The van der Waals surface area contributed by atoms with Crippen molar-refractivity contribution in [3.63, 3.8) is 0 Å². The molecule has 4 aromatic rings. The average Bonchev–Trinajstić information content (AvgIpc) is 3.07. The van der Waals surface area contributed by atoms with E-state index in [0.717, 1.165) is 33.5 Å². The largest absolute Gasteiger partial charge is 0.397 e. The molecule has 0 radical (unpaired) electrons. The fourth-order valence-corrected chi connectivity index (χ4v) is 2.62. The number of nitrogens with two attached hydrogens (primary N) is 1. The Kier molecular flexibility index (Phi) is 2.23. The van der Waals surface area contributed by atoms with Gasteiger partial charge in [0.2, 0.25) is 0 Å². The second kappa shape index (κ2) is 4.06. The van der Waals surface area contributed by atoms with Crippen LogP contribution in [-0.2, 0) is 0 Å². The lowest BCUT2D eigenvalue weighted by atomic mass is 10.2. The van der Waals surface area contributed by atoms with Gasteiger partial charge in [-0.2, -0.15) is 0 Å². The molecule has 4 heteroatoms. The Morgan fingerprint density at radius 2 is 1.75 bits per heavy atom. The second-order valence-electron chi connectivity index (χ2n) is 4.84. The van der Waals surface area contributed by atoms with Gasteiger partial charge in [0.1, 0.15) is 0 Å². The predicted octanol–water partition coefficient (Wildman–Crippen LogP) is 3.98. The van der Waals surface area contributed by atoms with Crippen LogP contribution in [0.15, 0.2) is 54.9 Å². The lowest BCUT2D eigenvalue weighted by Gasteiger charge is -2.06. The minimum absolute atomic E-state index is 0.760. The number of nitrogen functional groups attached to an aromatic ring is 1. The molecule has 4 rings (SSSR count). The first-order valence-electron chi connectivity index (χ1n) is 6.51. The molecule has 2 aromatic heterocycles. The maximum atomic E-state index is 5.97. The van der Waals surface area contributed by atoms with Gasteiger partial charge < -0.3 is 21.0 Å². The SMILES string of the molecule is Nc1cccc2c(Nc3cccc4[nH]ccc34)c[nH]c12. The minimum Gasteiger partial charge on any atom is -0.397 e. The lowest BCUT2D eigenvalue weighted by molar-refractivity contribution is 1.46. The third-order valence-corrected chi connectivity index (χ3v) is 3.61. The highest BCUT2D eigenvalue weighted by Crippen LogP contribution is 2.31. The zero-order chi connectivity index (χ0) is 13.5. The third-order valence-electron chi connectivity index (χ3n) is 3.61. The molecule has 0 saturated carbocycles. The van der Waals surface area contributed by atoms with Crippen molar-refractivity contribution in [1.29, 1.82) is 0 Å². The molecular formula is C16H14N4. The Morgan fingerprint density at radius 1 is 0.850 bits per heavy atom. The summed E-state index contributed by atoms with van der Waals surface area (Å²) >= 11 is 0. The molecule has 0 fully saturated rings. The normalized spacial score (nSPS) is 11.2. The first-order chi connectivity index (χ1) is 9.83. The third kappa shape index (κ3) is 1.55. The van der Waals surface area contributed by atoms with Crippen molar-refractivity contribution in [2.24, 2.45) is 0 Å². The van der Waals surface area contributed by atoms with E-state index in [1.54, 1.807) is 0 Å². The molecule has 0 unspecified atom stereocenters. The van der Waals surface area contributed by atoms with E-state index in [-0.39, 0.29) is 0 Å². The van der Waals surface area contributed by atoms with E-state index in [1.165, 1.54) is 5.39 Å². The van der Waals surface area contributed by atoms with E-state index >= 15 is 0 Å². The summed E-state index contributed by atoms with van der Waals surface area (Å²) < 4.78 is 0. The van der Waals surface area contributed by atoms with Gasteiger partial charge in [-0.3, -0.25) is 0 Å². The van der Waals surface area contributed by atoms with Gasteiger partial charge in [-0.15, -0.1) is 0 Å². The first kappa shape index (κ1) is 11.0. The number of aromatic amines is 2. The second-order valence-corrected chi connectivity index (χ2v) is 4.84. The summed E-state index contributed by atoms with van der Waals surface area (Å²) in [5.74, 6) is 0. The molecule has 5 N–H and O–H groups in total. The molecule has 2 aromatic carbocycles. The monoisotopic (exact) mass is 262 g/mol. The number of aromatic nitrogens is 2. The molecule has 0 aliphatic heterocycles. The van der Waals surface area contributed by atoms with Gasteiger partial charge >= 0.3 is 0 Å². The fourth-order valence-electron chi connectivity index (χ4n) is 2.62. The number of nitrogens with one attached hydrogen (secondary N) is 3. The quantitative estimate of drug-likeness (QED) is 0.413. The number of H-pyrrole nitrogens is 2. The van der Waals surface area contributed by atoms with Crippen LogP contribution in [0, 0.1) is 0 Å². The first-order valence-corrected chi connectivity index (χ1v) is 6.51. The van der Waals surface area contributed by atoms with Crippen molar-refractivity contribution in [1.82, 2.24) is 9.97 Å². The van der Waals surface area contributed by atoms with Crippen molar-refractivity contribution in [3.8, 4) is 0 Å². The van der Waals surface area contributed by atoms with Crippen LogP contribution in [0.25, 0.3) is 21.8 Å². The average molecular weight is 262 g/mol. The number of fused-ring (bicyclic) bond motifs is 2. The number of hydrogen-bond acceptors (Lipinski definition) is 2. The standard InChI is InChI=1S/C16H14N4/c17-12-4-1-3-11-15(9-19-16(11)12)20-14-6-2-5-13-10(14)7-8-18-13/h1-9,18-20H,17H2. The number of anilines is 3. The van der Waals surface area contributed by atoms with E-state index in [2.05, 4.69) is 39.6 Å². The van der Waals surface area contributed by atoms with Crippen LogP contribution in [0.1, 0.15) is 0 Å². The number of rotatable bonds is 2. The highest BCUT2D eigenvalue weighted by molar-refractivity contribution is 6.02. The maximum absolute atomic E-state index is 5.97. The summed E-state index contributed by atoms with van der Waals surface area (Å²) in [7, 11) is 0. The Balaban J connectivity index is 1.85. The number of para-hydroxylation sites is 1. The van der Waals surface area contributed by atoms with Gasteiger partial charge in [0.05, 0.1) is 16.9 Å². The zero-order valence-electron chi connectivity index (χ0n) is 10.8. The molecule has 20 heavy (non-hydrogen) atoms. The van der Waals surface area contributed by atoms with E-state index in [9.17, 15) is 0 Å². The minimum atomic E-state index is 0.760. The topological polar surface area (TPSA) is 69.6 Å². The Hall–Kier alpha value is -2.88. The summed E-state index contributed by atoms with van der Waals surface area (Å²) in [6.07, 6.45) is 3.90. The van der Waals surface area contributed by atoms with Gasteiger partial charge in [-0.05, 0) is 24.3 Å². The molecule has 0 aliphatic carbocycles. The zero-order valence-corrected chi connectivity index (χ0v) is 10.8. The lowest BCUT2D eigenvalue weighted by Crippen LogP contribution is -1.90. The van der Waals surface area contributed by atoms with E-state index in [0.29, 0.717) is 0 Å². The van der Waals surface area contributed by atoms with Crippen molar-refractivity contribution >= 4 is 38.9 Å². The van der Waals surface area contributed by atoms with E-state index < -0.39 is 0 Å². The van der Waals surface area contributed by atoms with E-state index in [4.69, 9.17) is 5.73 Å². The number of benzene rings is 2. The molecule has 0 atom stereocenters. The Morgan fingerprint density at radius 3 is 2.70 bits per heavy atom. The Bertz CT molecular complexity index is 901. The molecule has 0 amide bonds. The summed E-state index contributed by atoms with van der Waals surface area (Å²) in [6.45, 7) is 0. The maximum Gasteiger partial charge on any atom is 0.0709 e.